The molecule has 0 amide bonds. The minimum atomic E-state index is 0.0619. The highest BCUT2D eigenvalue weighted by molar-refractivity contribution is 4.93. The summed E-state index contributed by atoms with van der Waals surface area (Å²) in [7, 11) is 4.12. The summed E-state index contributed by atoms with van der Waals surface area (Å²) >= 11 is 0. The van der Waals surface area contributed by atoms with Crippen molar-refractivity contribution in [2.45, 2.75) is 6.54 Å². The van der Waals surface area contributed by atoms with Gasteiger partial charge in [0.1, 0.15) is 0 Å². The Labute approximate surface area is 90.5 Å². The molecule has 15 heavy (non-hydrogen) atoms. The Balaban J connectivity index is 2.15. The van der Waals surface area contributed by atoms with E-state index in [0.29, 0.717) is 0 Å². The van der Waals surface area contributed by atoms with E-state index in [1.807, 2.05) is 17.0 Å². The average molecular weight is 209 g/mol. The molecule has 0 bridgehead atoms. The molecule has 0 aromatic carbocycles. The van der Waals surface area contributed by atoms with Gasteiger partial charge in [0, 0.05) is 50.7 Å². The Bertz CT molecular complexity index is 312. The third-order valence-corrected chi connectivity index (χ3v) is 2.14. The third-order valence-electron chi connectivity index (χ3n) is 2.14. The van der Waals surface area contributed by atoms with Gasteiger partial charge < -0.3 is 14.8 Å². The second-order valence-corrected chi connectivity index (χ2v) is 3.82. The Hall–Kier alpha value is -1.13. The van der Waals surface area contributed by atoms with Crippen molar-refractivity contribution in [3.8, 4) is 0 Å². The molecule has 0 radical (unpaired) electrons. The molecule has 0 aliphatic carbocycles. The molecule has 1 heterocycles. The second-order valence-electron chi connectivity index (χ2n) is 3.82. The van der Waals surface area contributed by atoms with Crippen LogP contribution >= 0.6 is 0 Å². The first kappa shape index (κ1) is 11.9. The van der Waals surface area contributed by atoms with Crippen LogP contribution in [-0.4, -0.2) is 43.2 Å². The first-order valence-corrected chi connectivity index (χ1v) is 5.20. The number of aromatic nitrogens is 1. The molecule has 0 unspecified atom stereocenters. The summed E-state index contributed by atoms with van der Waals surface area (Å²) < 4.78 is 2.00. The summed E-state index contributed by atoms with van der Waals surface area (Å²) in [5.74, 6) is 0. The topological polar surface area (TPSA) is 37.3 Å². The van der Waals surface area contributed by atoms with Gasteiger partial charge in [-0.2, -0.15) is 0 Å². The van der Waals surface area contributed by atoms with Crippen molar-refractivity contribution in [1.29, 1.82) is 0 Å². The molecule has 1 aromatic heterocycles. The molecule has 4 nitrogen and oxygen atoms in total. The Morgan fingerprint density at radius 2 is 1.93 bits per heavy atom. The molecule has 0 aliphatic rings. The lowest BCUT2D eigenvalue weighted by atomic mass is 10.4. The van der Waals surface area contributed by atoms with Crippen LogP contribution in [0.3, 0.4) is 0 Å². The lowest BCUT2D eigenvalue weighted by molar-refractivity contribution is 0.398. The number of rotatable bonds is 6. The second kappa shape index (κ2) is 6.37. The molecule has 84 valence electrons. The lowest BCUT2D eigenvalue weighted by Gasteiger charge is -2.11. The quantitative estimate of drug-likeness (QED) is 0.670. The summed E-state index contributed by atoms with van der Waals surface area (Å²) in [6.07, 6.45) is 3.63. The van der Waals surface area contributed by atoms with Gasteiger partial charge in [0.2, 0.25) is 0 Å². The zero-order valence-corrected chi connectivity index (χ0v) is 9.44. The number of nitrogens with one attached hydrogen (secondary N) is 1. The number of nitrogens with zero attached hydrogens (tertiary/aromatic N) is 2. The van der Waals surface area contributed by atoms with Gasteiger partial charge in [-0.05, 0) is 14.1 Å². The van der Waals surface area contributed by atoms with Gasteiger partial charge in [-0.1, -0.05) is 0 Å². The minimum Gasteiger partial charge on any atom is -0.353 e. The van der Waals surface area contributed by atoms with Crippen LogP contribution in [0.25, 0.3) is 0 Å². The fourth-order valence-corrected chi connectivity index (χ4v) is 1.23. The van der Waals surface area contributed by atoms with Gasteiger partial charge in [-0.25, -0.2) is 0 Å². The lowest BCUT2D eigenvalue weighted by Crippen LogP contribution is -2.28. The maximum absolute atomic E-state index is 10.8. The van der Waals surface area contributed by atoms with Crippen LogP contribution in [0.2, 0.25) is 0 Å². The number of pyridine rings is 1. The predicted octanol–water partition coefficient (Wildman–Crippen LogP) is -0.000500. The zero-order valence-electron chi connectivity index (χ0n) is 9.44. The van der Waals surface area contributed by atoms with Crippen LogP contribution in [0, 0.1) is 0 Å². The van der Waals surface area contributed by atoms with Gasteiger partial charge in [0.15, 0.2) is 5.43 Å². The molecule has 0 saturated heterocycles. The molecule has 0 spiro atoms. The van der Waals surface area contributed by atoms with Crippen molar-refractivity contribution in [1.82, 2.24) is 14.8 Å². The van der Waals surface area contributed by atoms with E-state index in [-0.39, 0.29) is 5.43 Å². The fraction of sp³-hybridized carbons (Fsp3) is 0.545. The highest BCUT2D eigenvalue weighted by Gasteiger charge is 1.91. The average Bonchev–Trinajstić information content (AvgIpc) is 2.20. The maximum Gasteiger partial charge on any atom is 0.181 e. The van der Waals surface area contributed by atoms with Crippen LogP contribution < -0.4 is 10.7 Å². The van der Waals surface area contributed by atoms with Crippen molar-refractivity contribution in [2.24, 2.45) is 0 Å². The molecule has 0 saturated carbocycles. The van der Waals surface area contributed by atoms with Crippen molar-refractivity contribution < 1.29 is 0 Å². The molecule has 1 aromatic rings. The van der Waals surface area contributed by atoms with Gasteiger partial charge >= 0.3 is 0 Å². The molecule has 4 heteroatoms. The van der Waals surface area contributed by atoms with Gasteiger partial charge in [-0.3, -0.25) is 4.79 Å². The van der Waals surface area contributed by atoms with E-state index in [4.69, 9.17) is 0 Å². The molecule has 1 rings (SSSR count). The Morgan fingerprint density at radius 3 is 2.53 bits per heavy atom. The Morgan fingerprint density at radius 1 is 1.27 bits per heavy atom. The zero-order chi connectivity index (χ0) is 11.1. The highest BCUT2D eigenvalue weighted by Crippen LogP contribution is 1.82. The number of hydrogen-bond donors (Lipinski definition) is 1. The van der Waals surface area contributed by atoms with Crippen molar-refractivity contribution in [3.63, 3.8) is 0 Å². The molecule has 1 N–H and O–H groups in total. The summed E-state index contributed by atoms with van der Waals surface area (Å²) in [6.45, 7) is 3.86. The standard InChI is InChI=1S/C11H19N3O/c1-13(2)9-5-12-6-10-14-7-3-11(15)4-8-14/h3-4,7-8,12H,5-6,9-10H2,1-2H3. The number of likely N-dealkylation sites (N-methyl/N-ethyl adjacent to an activating group) is 1. The summed E-state index contributed by atoms with van der Waals surface area (Å²) in [5, 5.41) is 3.34. The van der Waals surface area contributed by atoms with E-state index < -0.39 is 0 Å². The minimum absolute atomic E-state index is 0.0619. The third kappa shape index (κ3) is 5.34. The van der Waals surface area contributed by atoms with Crippen molar-refractivity contribution >= 4 is 0 Å². The monoisotopic (exact) mass is 209 g/mol. The van der Waals surface area contributed by atoms with E-state index in [9.17, 15) is 4.79 Å². The number of hydrogen-bond acceptors (Lipinski definition) is 3. The van der Waals surface area contributed by atoms with Gasteiger partial charge in [0.25, 0.3) is 0 Å². The first-order chi connectivity index (χ1) is 7.18. The normalized spacial score (nSPS) is 10.9. The van der Waals surface area contributed by atoms with E-state index in [2.05, 4.69) is 24.3 Å². The molecule has 0 aliphatic heterocycles. The summed E-state index contributed by atoms with van der Waals surface area (Å²) in [6, 6.07) is 3.17. The van der Waals surface area contributed by atoms with Gasteiger partial charge in [0.05, 0.1) is 0 Å². The molecular weight excluding hydrogens is 190 g/mol. The van der Waals surface area contributed by atoms with Crippen LogP contribution in [0.4, 0.5) is 0 Å². The SMILES string of the molecule is CN(C)CCNCCn1ccc(=O)cc1. The molecule has 0 fully saturated rings. The van der Waals surface area contributed by atoms with Crippen LogP contribution in [0.1, 0.15) is 0 Å². The smallest absolute Gasteiger partial charge is 0.181 e. The van der Waals surface area contributed by atoms with Crippen molar-refractivity contribution in [2.75, 3.05) is 33.7 Å². The van der Waals surface area contributed by atoms with E-state index >= 15 is 0 Å². The van der Waals surface area contributed by atoms with Gasteiger partial charge in [-0.15, -0.1) is 0 Å². The van der Waals surface area contributed by atoms with E-state index in [0.717, 1.165) is 26.2 Å². The summed E-state index contributed by atoms with van der Waals surface area (Å²) in [4.78, 5) is 13.0. The van der Waals surface area contributed by atoms with E-state index in [1.165, 1.54) is 0 Å². The largest absolute Gasteiger partial charge is 0.353 e. The maximum atomic E-state index is 10.8. The highest BCUT2D eigenvalue weighted by atomic mass is 16.1. The summed E-state index contributed by atoms with van der Waals surface area (Å²) in [5.41, 5.74) is 0.0619. The fourth-order valence-electron chi connectivity index (χ4n) is 1.23. The van der Waals surface area contributed by atoms with Crippen molar-refractivity contribution in [3.05, 3.63) is 34.7 Å². The molecule has 0 atom stereocenters. The Kier molecular flexibility index (Phi) is 5.07. The predicted molar refractivity (Wildman–Crippen MR) is 62.1 cm³/mol. The van der Waals surface area contributed by atoms with Crippen LogP contribution in [0.5, 0.6) is 0 Å². The van der Waals surface area contributed by atoms with E-state index in [1.54, 1.807) is 12.1 Å². The van der Waals surface area contributed by atoms with Crippen LogP contribution in [-0.2, 0) is 6.54 Å². The first-order valence-electron chi connectivity index (χ1n) is 5.20. The van der Waals surface area contributed by atoms with Crippen LogP contribution in [0.15, 0.2) is 29.3 Å². The molecular formula is C11H19N3O.